The Hall–Kier alpha value is -2.69. The zero-order valence-electron chi connectivity index (χ0n) is 13.7. The van der Waals surface area contributed by atoms with Crippen LogP contribution in [0.4, 0.5) is 11.4 Å². The number of sulfonamides is 1. The molecule has 1 aromatic carbocycles. The SMILES string of the molecule is Cc1noc(C=Cc2ccc(S(=O)(=O)Nc3ccc(Cl)cc3)s2)c1[N+](=O)[O-]. The molecule has 11 heteroatoms. The van der Waals surface area contributed by atoms with Gasteiger partial charge in [-0.1, -0.05) is 16.8 Å². The van der Waals surface area contributed by atoms with Crippen molar-refractivity contribution in [3.8, 4) is 0 Å². The summed E-state index contributed by atoms with van der Waals surface area (Å²) in [7, 11) is -3.76. The van der Waals surface area contributed by atoms with Gasteiger partial charge in [-0.15, -0.1) is 11.3 Å². The van der Waals surface area contributed by atoms with Crippen molar-refractivity contribution in [2.45, 2.75) is 11.1 Å². The van der Waals surface area contributed by atoms with Gasteiger partial charge in [0.1, 0.15) is 4.21 Å². The van der Waals surface area contributed by atoms with E-state index < -0.39 is 14.9 Å². The zero-order chi connectivity index (χ0) is 19.6. The Morgan fingerprint density at radius 3 is 2.59 bits per heavy atom. The van der Waals surface area contributed by atoms with Crippen molar-refractivity contribution in [1.82, 2.24) is 5.16 Å². The number of anilines is 1. The van der Waals surface area contributed by atoms with Crippen LogP contribution in [0.15, 0.2) is 45.1 Å². The van der Waals surface area contributed by atoms with Crippen LogP contribution in [0.25, 0.3) is 12.2 Å². The molecule has 0 aliphatic heterocycles. The molecule has 1 N–H and O–H groups in total. The molecule has 0 amide bonds. The Kier molecular flexibility index (Phi) is 5.31. The number of nitrogens with zero attached hydrogens (tertiary/aromatic N) is 2. The summed E-state index contributed by atoms with van der Waals surface area (Å²) in [5.74, 6) is -0.00500. The van der Waals surface area contributed by atoms with E-state index in [9.17, 15) is 18.5 Å². The van der Waals surface area contributed by atoms with Gasteiger partial charge in [0.05, 0.1) is 4.92 Å². The predicted octanol–water partition coefficient (Wildman–Crippen LogP) is 4.58. The largest absolute Gasteiger partial charge is 0.349 e. The number of hydrogen-bond donors (Lipinski definition) is 1. The standard InChI is InChI=1S/C16H12ClN3O5S2/c1-10-16(20(21)22)14(25-18-10)8-6-13-7-9-15(26-13)27(23,24)19-12-4-2-11(17)3-5-12/h2-9,19H,1H3. The lowest BCUT2D eigenvalue weighted by Gasteiger charge is -2.05. The Morgan fingerprint density at radius 1 is 1.22 bits per heavy atom. The zero-order valence-corrected chi connectivity index (χ0v) is 16.1. The van der Waals surface area contributed by atoms with E-state index in [1.54, 1.807) is 30.3 Å². The second-order valence-corrected chi connectivity index (χ2v) is 8.80. The van der Waals surface area contributed by atoms with Crippen LogP contribution in [-0.4, -0.2) is 18.5 Å². The van der Waals surface area contributed by atoms with Crippen LogP contribution in [0, 0.1) is 17.0 Å². The Bertz CT molecular complexity index is 1120. The van der Waals surface area contributed by atoms with Gasteiger partial charge in [0.15, 0.2) is 5.69 Å². The molecular weight excluding hydrogens is 414 g/mol. The molecule has 3 rings (SSSR count). The topological polar surface area (TPSA) is 115 Å². The molecule has 3 aromatic rings. The number of aromatic nitrogens is 1. The summed E-state index contributed by atoms with van der Waals surface area (Å²) in [6, 6.07) is 9.30. The molecule has 140 valence electrons. The average Bonchev–Trinajstić information content (AvgIpc) is 3.22. The van der Waals surface area contributed by atoms with Gasteiger partial charge in [0, 0.05) is 15.6 Å². The summed E-state index contributed by atoms with van der Waals surface area (Å²) in [4.78, 5) is 11.0. The first kappa shape index (κ1) is 19.1. The van der Waals surface area contributed by atoms with Gasteiger partial charge in [-0.3, -0.25) is 14.8 Å². The van der Waals surface area contributed by atoms with Crippen molar-refractivity contribution < 1.29 is 17.9 Å². The van der Waals surface area contributed by atoms with Gasteiger partial charge >= 0.3 is 5.69 Å². The minimum absolute atomic E-state index is 0.00500. The molecule has 0 aliphatic rings. The van der Waals surface area contributed by atoms with E-state index >= 15 is 0 Å². The van der Waals surface area contributed by atoms with Gasteiger partial charge in [0.25, 0.3) is 10.0 Å². The fraction of sp³-hybridized carbons (Fsp3) is 0.0625. The molecule has 0 bridgehead atoms. The molecule has 27 heavy (non-hydrogen) atoms. The van der Waals surface area contributed by atoms with Crippen LogP contribution in [0.2, 0.25) is 5.02 Å². The van der Waals surface area contributed by atoms with Gasteiger partial charge in [0.2, 0.25) is 5.76 Å². The minimum atomic E-state index is -3.76. The number of benzene rings is 1. The number of aryl methyl sites for hydroxylation is 1. The van der Waals surface area contributed by atoms with Crippen molar-refractivity contribution in [3.05, 3.63) is 67.9 Å². The number of thiophene rings is 1. The van der Waals surface area contributed by atoms with Crippen molar-refractivity contribution in [2.75, 3.05) is 4.72 Å². The Labute approximate surface area is 163 Å². The summed E-state index contributed by atoms with van der Waals surface area (Å²) >= 11 is 6.79. The molecular formula is C16H12ClN3O5S2. The van der Waals surface area contributed by atoms with Crippen molar-refractivity contribution in [1.29, 1.82) is 0 Å². The number of nitrogens with one attached hydrogen (secondary N) is 1. The van der Waals surface area contributed by atoms with Gasteiger partial charge in [-0.05, 0) is 55.5 Å². The first-order chi connectivity index (χ1) is 12.8. The van der Waals surface area contributed by atoms with E-state index in [0.29, 0.717) is 15.6 Å². The van der Waals surface area contributed by atoms with Crippen LogP contribution >= 0.6 is 22.9 Å². The molecule has 8 nitrogen and oxygen atoms in total. The van der Waals surface area contributed by atoms with E-state index in [4.69, 9.17) is 16.1 Å². The lowest BCUT2D eigenvalue weighted by molar-refractivity contribution is -0.386. The highest BCUT2D eigenvalue weighted by molar-refractivity contribution is 7.94. The number of nitro groups is 1. The van der Waals surface area contributed by atoms with E-state index in [1.165, 1.54) is 25.1 Å². The van der Waals surface area contributed by atoms with E-state index in [1.807, 2.05) is 0 Å². The van der Waals surface area contributed by atoms with Gasteiger partial charge in [-0.25, -0.2) is 8.42 Å². The van der Waals surface area contributed by atoms with Crippen LogP contribution in [0.5, 0.6) is 0 Å². The molecule has 0 spiro atoms. The number of rotatable bonds is 6. The third-order valence-electron chi connectivity index (χ3n) is 3.40. The maximum Gasteiger partial charge on any atom is 0.338 e. The molecule has 0 fully saturated rings. The highest BCUT2D eigenvalue weighted by atomic mass is 35.5. The summed E-state index contributed by atoms with van der Waals surface area (Å²) in [5.41, 5.74) is 0.332. The summed E-state index contributed by atoms with van der Waals surface area (Å²) in [6.07, 6.45) is 2.91. The van der Waals surface area contributed by atoms with E-state index in [-0.39, 0.29) is 21.4 Å². The van der Waals surface area contributed by atoms with Crippen molar-refractivity contribution in [3.63, 3.8) is 0 Å². The highest BCUT2D eigenvalue weighted by Gasteiger charge is 2.22. The monoisotopic (exact) mass is 425 g/mol. The fourth-order valence-electron chi connectivity index (χ4n) is 2.16. The van der Waals surface area contributed by atoms with Crippen LogP contribution in [0.1, 0.15) is 16.3 Å². The summed E-state index contributed by atoms with van der Waals surface area (Å²) < 4.78 is 32.4. The predicted molar refractivity (Wildman–Crippen MR) is 103 cm³/mol. The quantitative estimate of drug-likeness (QED) is 0.456. The third kappa shape index (κ3) is 4.35. The maximum absolute atomic E-state index is 12.4. The average molecular weight is 426 g/mol. The second kappa shape index (κ2) is 7.51. The molecule has 0 aliphatic carbocycles. The minimum Gasteiger partial charge on any atom is -0.349 e. The Balaban J connectivity index is 1.80. The summed E-state index contributed by atoms with van der Waals surface area (Å²) in [6.45, 7) is 1.47. The smallest absolute Gasteiger partial charge is 0.338 e. The molecule has 0 radical (unpaired) electrons. The molecule has 0 atom stereocenters. The Morgan fingerprint density at radius 2 is 1.93 bits per heavy atom. The van der Waals surface area contributed by atoms with Crippen LogP contribution < -0.4 is 4.72 Å². The van der Waals surface area contributed by atoms with Crippen LogP contribution in [0.3, 0.4) is 0 Å². The van der Waals surface area contributed by atoms with Gasteiger partial charge in [-0.2, -0.15) is 0 Å². The maximum atomic E-state index is 12.4. The third-order valence-corrected chi connectivity index (χ3v) is 6.58. The second-order valence-electron chi connectivity index (χ2n) is 5.34. The lowest BCUT2D eigenvalue weighted by atomic mass is 10.3. The normalized spacial score (nSPS) is 11.8. The molecule has 2 aromatic heterocycles. The highest BCUT2D eigenvalue weighted by Crippen LogP contribution is 2.28. The fourth-order valence-corrected chi connectivity index (χ4v) is 4.58. The molecule has 0 saturated heterocycles. The number of halogens is 1. The van der Waals surface area contributed by atoms with Crippen molar-refractivity contribution >= 4 is 56.5 Å². The molecule has 0 unspecified atom stereocenters. The lowest BCUT2D eigenvalue weighted by Crippen LogP contribution is -2.11. The van der Waals surface area contributed by atoms with E-state index in [0.717, 1.165) is 11.3 Å². The molecule has 0 saturated carbocycles. The first-order valence-corrected chi connectivity index (χ1v) is 10.1. The first-order valence-electron chi connectivity index (χ1n) is 7.43. The van der Waals surface area contributed by atoms with E-state index in [2.05, 4.69) is 9.88 Å². The number of hydrogen-bond acceptors (Lipinski definition) is 7. The van der Waals surface area contributed by atoms with Gasteiger partial charge < -0.3 is 4.52 Å². The molecule has 2 heterocycles. The summed E-state index contributed by atoms with van der Waals surface area (Å²) in [5, 5.41) is 15.1. The van der Waals surface area contributed by atoms with Crippen LogP contribution in [-0.2, 0) is 10.0 Å². The van der Waals surface area contributed by atoms with Crippen molar-refractivity contribution in [2.24, 2.45) is 0 Å².